The second-order valence-corrected chi connectivity index (χ2v) is 8.86. The van der Waals surface area contributed by atoms with Crippen molar-refractivity contribution in [3.8, 4) is 0 Å². The molecule has 0 aliphatic carbocycles. The molecule has 0 N–H and O–H groups in total. The average molecular weight is 329 g/mol. The van der Waals surface area contributed by atoms with E-state index in [0.717, 1.165) is 31.2 Å². The highest BCUT2D eigenvalue weighted by molar-refractivity contribution is 7.90. The number of aromatic nitrogens is 1. The molecule has 1 aromatic heterocycles. The van der Waals surface area contributed by atoms with E-state index in [2.05, 4.69) is 35.7 Å². The lowest BCUT2D eigenvalue weighted by Gasteiger charge is -2.23. The van der Waals surface area contributed by atoms with Crippen LogP contribution in [0, 0.1) is 0 Å². The molecule has 0 aromatic carbocycles. The molecule has 0 unspecified atom stereocenters. The maximum atomic E-state index is 11.2. The van der Waals surface area contributed by atoms with E-state index in [1.807, 2.05) is 0 Å². The number of oxazole rings is 1. The molecule has 2 heterocycles. The average Bonchev–Trinajstić information content (AvgIpc) is 3.04. The van der Waals surface area contributed by atoms with Gasteiger partial charge in [0.1, 0.15) is 15.6 Å². The second-order valence-electron chi connectivity index (χ2n) is 6.60. The predicted molar refractivity (Wildman–Crippen MR) is 86.6 cm³/mol. The van der Waals surface area contributed by atoms with E-state index in [-0.39, 0.29) is 5.75 Å². The molecule has 2 rings (SSSR count). The van der Waals surface area contributed by atoms with Gasteiger partial charge in [-0.25, -0.2) is 13.4 Å². The lowest BCUT2D eigenvalue weighted by Crippen LogP contribution is -2.35. The first-order valence-corrected chi connectivity index (χ1v) is 9.85. The Kier molecular flexibility index (Phi) is 5.63. The van der Waals surface area contributed by atoms with Gasteiger partial charge < -0.3 is 9.32 Å². The number of likely N-dealkylation sites (tertiary alicyclic amines) is 1. The molecule has 0 saturated carbocycles. The maximum Gasteiger partial charge on any atom is 0.208 e. The van der Waals surface area contributed by atoms with E-state index in [1.165, 1.54) is 6.26 Å². The van der Waals surface area contributed by atoms with Crippen molar-refractivity contribution in [1.82, 2.24) is 14.8 Å². The van der Waals surface area contributed by atoms with E-state index in [9.17, 15) is 8.42 Å². The lowest BCUT2D eigenvalue weighted by atomic mass is 10.2. The van der Waals surface area contributed by atoms with Crippen LogP contribution in [0.5, 0.6) is 0 Å². The zero-order valence-corrected chi connectivity index (χ0v) is 14.8. The number of nitrogens with zero attached hydrogens (tertiary/aromatic N) is 3. The van der Waals surface area contributed by atoms with Gasteiger partial charge in [-0.05, 0) is 20.0 Å². The zero-order chi connectivity index (χ0) is 16.3. The summed E-state index contributed by atoms with van der Waals surface area (Å²) in [7, 11) is -0.810. The van der Waals surface area contributed by atoms with Gasteiger partial charge in [0.25, 0.3) is 0 Å². The first-order chi connectivity index (χ1) is 10.2. The zero-order valence-electron chi connectivity index (χ0n) is 13.9. The van der Waals surface area contributed by atoms with Crippen LogP contribution in [-0.2, 0) is 16.4 Å². The SMILES string of the molecule is CC(C)c1cnc(CN(C)[C@@H]2CCN(CCS(C)(=O)=O)C2)o1. The third-order valence-electron chi connectivity index (χ3n) is 4.17. The van der Waals surface area contributed by atoms with Crippen molar-refractivity contribution in [1.29, 1.82) is 0 Å². The van der Waals surface area contributed by atoms with Crippen LogP contribution in [0.2, 0.25) is 0 Å². The van der Waals surface area contributed by atoms with Gasteiger partial charge in [-0.3, -0.25) is 4.90 Å². The Morgan fingerprint density at radius 1 is 1.50 bits per heavy atom. The Bertz CT molecular complexity index is 583. The van der Waals surface area contributed by atoms with Crippen LogP contribution < -0.4 is 0 Å². The molecule has 22 heavy (non-hydrogen) atoms. The number of hydrogen-bond acceptors (Lipinski definition) is 6. The molecular formula is C15H27N3O3S. The molecule has 0 amide bonds. The third kappa shape index (κ3) is 5.07. The Morgan fingerprint density at radius 2 is 2.23 bits per heavy atom. The largest absolute Gasteiger partial charge is 0.444 e. The summed E-state index contributed by atoms with van der Waals surface area (Å²) in [6, 6.07) is 0.425. The summed E-state index contributed by atoms with van der Waals surface area (Å²) < 4.78 is 28.2. The van der Waals surface area contributed by atoms with Gasteiger partial charge in [0.05, 0.1) is 18.5 Å². The van der Waals surface area contributed by atoms with Gasteiger partial charge in [-0.2, -0.15) is 0 Å². The summed E-state index contributed by atoms with van der Waals surface area (Å²) in [6.07, 6.45) is 4.15. The Morgan fingerprint density at radius 3 is 2.82 bits per heavy atom. The Labute approximate surface area is 133 Å². The standard InChI is InChI=1S/C15H27N3O3S/c1-12(2)14-9-16-15(21-14)11-17(3)13-5-6-18(10-13)7-8-22(4,19)20/h9,12-13H,5-8,10-11H2,1-4H3/t13-/m1/s1. The van der Waals surface area contributed by atoms with Crippen molar-refractivity contribution < 1.29 is 12.8 Å². The molecular weight excluding hydrogens is 302 g/mol. The summed E-state index contributed by atoms with van der Waals surface area (Å²) in [5.74, 6) is 2.26. The number of rotatable bonds is 7. The van der Waals surface area contributed by atoms with Crippen LogP contribution in [0.4, 0.5) is 0 Å². The first kappa shape index (κ1) is 17.4. The smallest absolute Gasteiger partial charge is 0.208 e. The minimum absolute atomic E-state index is 0.237. The normalized spacial score (nSPS) is 20.4. The molecule has 1 aliphatic heterocycles. The fourth-order valence-electron chi connectivity index (χ4n) is 2.68. The minimum Gasteiger partial charge on any atom is -0.444 e. The van der Waals surface area contributed by atoms with Crippen LogP contribution in [0.25, 0.3) is 0 Å². The van der Waals surface area contributed by atoms with Crippen LogP contribution in [0.1, 0.15) is 37.8 Å². The molecule has 1 saturated heterocycles. The highest BCUT2D eigenvalue weighted by atomic mass is 32.2. The van der Waals surface area contributed by atoms with Crippen LogP contribution in [0.3, 0.4) is 0 Å². The number of likely N-dealkylation sites (N-methyl/N-ethyl adjacent to an activating group) is 1. The van der Waals surface area contributed by atoms with Gasteiger partial charge in [-0.1, -0.05) is 13.8 Å². The molecule has 1 aliphatic rings. The van der Waals surface area contributed by atoms with E-state index < -0.39 is 9.84 Å². The number of hydrogen-bond donors (Lipinski definition) is 0. The van der Waals surface area contributed by atoms with Gasteiger partial charge in [0, 0.05) is 31.3 Å². The molecule has 0 radical (unpaired) electrons. The number of sulfone groups is 1. The molecule has 126 valence electrons. The Balaban J connectivity index is 1.82. The van der Waals surface area contributed by atoms with Crippen molar-refractivity contribution >= 4 is 9.84 Å². The molecule has 0 spiro atoms. The molecule has 0 bridgehead atoms. The summed E-state index contributed by atoms with van der Waals surface area (Å²) >= 11 is 0. The predicted octanol–water partition coefficient (Wildman–Crippen LogP) is 1.35. The van der Waals surface area contributed by atoms with Crippen LogP contribution >= 0.6 is 0 Å². The minimum atomic E-state index is -2.88. The topological polar surface area (TPSA) is 66.7 Å². The van der Waals surface area contributed by atoms with E-state index >= 15 is 0 Å². The highest BCUT2D eigenvalue weighted by Gasteiger charge is 2.26. The van der Waals surface area contributed by atoms with Crippen LogP contribution in [-0.4, -0.2) is 67.9 Å². The summed E-state index contributed by atoms with van der Waals surface area (Å²) in [4.78, 5) is 8.80. The fraction of sp³-hybridized carbons (Fsp3) is 0.800. The maximum absolute atomic E-state index is 11.2. The molecule has 6 nitrogen and oxygen atoms in total. The first-order valence-electron chi connectivity index (χ1n) is 7.79. The van der Waals surface area contributed by atoms with Gasteiger partial charge >= 0.3 is 0 Å². The quantitative estimate of drug-likeness (QED) is 0.752. The van der Waals surface area contributed by atoms with Crippen molar-refractivity contribution in [3.63, 3.8) is 0 Å². The fourth-order valence-corrected chi connectivity index (χ4v) is 3.27. The van der Waals surface area contributed by atoms with Crippen molar-refractivity contribution in [3.05, 3.63) is 17.8 Å². The molecule has 7 heteroatoms. The van der Waals surface area contributed by atoms with Gasteiger partial charge in [-0.15, -0.1) is 0 Å². The lowest BCUT2D eigenvalue weighted by molar-refractivity contribution is 0.207. The summed E-state index contributed by atoms with van der Waals surface area (Å²) in [5, 5.41) is 0. The third-order valence-corrected chi connectivity index (χ3v) is 5.10. The summed E-state index contributed by atoms with van der Waals surface area (Å²) in [5.41, 5.74) is 0. The van der Waals surface area contributed by atoms with Crippen molar-refractivity contribution in [2.24, 2.45) is 0 Å². The van der Waals surface area contributed by atoms with E-state index in [0.29, 0.717) is 25.0 Å². The monoisotopic (exact) mass is 329 g/mol. The van der Waals surface area contributed by atoms with Crippen molar-refractivity contribution in [2.75, 3.05) is 38.7 Å². The van der Waals surface area contributed by atoms with E-state index in [4.69, 9.17) is 4.42 Å². The molecule has 1 aromatic rings. The summed E-state index contributed by atoms with van der Waals surface area (Å²) in [6.45, 7) is 7.35. The Hall–Kier alpha value is -0.920. The molecule has 1 atom stereocenters. The second kappa shape index (κ2) is 7.10. The highest BCUT2D eigenvalue weighted by Crippen LogP contribution is 2.19. The van der Waals surface area contributed by atoms with Gasteiger partial charge in [0.2, 0.25) is 5.89 Å². The van der Waals surface area contributed by atoms with Crippen LogP contribution in [0.15, 0.2) is 10.6 Å². The van der Waals surface area contributed by atoms with Gasteiger partial charge in [0.15, 0.2) is 0 Å². The van der Waals surface area contributed by atoms with Crippen molar-refractivity contribution in [2.45, 2.75) is 38.8 Å². The van der Waals surface area contributed by atoms with E-state index in [1.54, 1.807) is 6.20 Å². The molecule has 1 fully saturated rings.